The van der Waals surface area contributed by atoms with Gasteiger partial charge in [0.15, 0.2) is 6.61 Å². The molecule has 1 aliphatic heterocycles. The van der Waals surface area contributed by atoms with E-state index in [0.717, 1.165) is 35.9 Å². The van der Waals surface area contributed by atoms with E-state index >= 15 is 0 Å². The first-order valence-corrected chi connectivity index (χ1v) is 13.4. The van der Waals surface area contributed by atoms with E-state index in [1.54, 1.807) is 25.3 Å². The molecule has 4 rings (SSSR count). The third-order valence-electron chi connectivity index (χ3n) is 5.90. The average molecular weight is 517 g/mol. The summed E-state index contributed by atoms with van der Waals surface area (Å²) in [6.45, 7) is 3.93. The van der Waals surface area contributed by atoms with Crippen molar-refractivity contribution in [2.45, 2.75) is 31.1 Å². The third kappa shape index (κ3) is 6.22. The van der Waals surface area contributed by atoms with Gasteiger partial charge in [-0.2, -0.15) is 4.31 Å². The second-order valence-electron chi connectivity index (χ2n) is 8.48. The molecule has 186 valence electrons. The molecule has 1 amide bonds. The molecule has 0 bridgehead atoms. The SMILES string of the molecule is Cc1cc(S(=O)(=O)N2CCCC2)ccc1OCC(=O)NCCCNc1ccnc2cc(Cl)ccc12. The summed E-state index contributed by atoms with van der Waals surface area (Å²) in [6, 6.07) is 12.2. The van der Waals surface area contributed by atoms with Gasteiger partial charge in [-0.3, -0.25) is 9.78 Å². The average Bonchev–Trinajstić information content (AvgIpc) is 3.39. The number of fused-ring (bicyclic) bond motifs is 1. The van der Waals surface area contributed by atoms with Crippen molar-refractivity contribution in [2.75, 3.05) is 38.1 Å². The summed E-state index contributed by atoms with van der Waals surface area (Å²) in [5.74, 6) is 0.258. The number of hydrogen-bond acceptors (Lipinski definition) is 6. The van der Waals surface area contributed by atoms with Crippen LogP contribution in [0.3, 0.4) is 0 Å². The molecule has 3 aromatic rings. The molecule has 0 aliphatic carbocycles. The predicted octanol–water partition coefficient (Wildman–Crippen LogP) is 3.98. The Morgan fingerprint density at radius 2 is 1.91 bits per heavy atom. The molecule has 2 N–H and O–H groups in total. The predicted molar refractivity (Wildman–Crippen MR) is 138 cm³/mol. The van der Waals surface area contributed by atoms with Crippen molar-refractivity contribution < 1.29 is 17.9 Å². The number of nitrogens with zero attached hydrogens (tertiary/aromatic N) is 2. The van der Waals surface area contributed by atoms with Gasteiger partial charge in [0.2, 0.25) is 10.0 Å². The molecule has 1 fully saturated rings. The molecular formula is C25H29ClN4O4S. The minimum Gasteiger partial charge on any atom is -0.484 e. The second kappa shape index (κ2) is 11.2. The van der Waals surface area contributed by atoms with Gasteiger partial charge in [-0.25, -0.2) is 8.42 Å². The van der Waals surface area contributed by atoms with Crippen LogP contribution in [0.15, 0.2) is 53.6 Å². The lowest BCUT2D eigenvalue weighted by atomic mass is 10.2. The van der Waals surface area contributed by atoms with Crippen LogP contribution in [0.1, 0.15) is 24.8 Å². The summed E-state index contributed by atoms with van der Waals surface area (Å²) in [5.41, 5.74) is 2.46. The molecule has 0 atom stereocenters. The van der Waals surface area contributed by atoms with E-state index in [4.69, 9.17) is 16.3 Å². The number of rotatable bonds is 10. The quantitative estimate of drug-likeness (QED) is 0.395. The zero-order chi connectivity index (χ0) is 24.8. The Bertz CT molecular complexity index is 1310. The molecule has 0 unspecified atom stereocenters. The fourth-order valence-electron chi connectivity index (χ4n) is 4.03. The fourth-order valence-corrected chi connectivity index (χ4v) is 5.80. The van der Waals surface area contributed by atoms with Gasteiger partial charge < -0.3 is 15.4 Å². The minimum absolute atomic E-state index is 0.137. The monoisotopic (exact) mass is 516 g/mol. The first-order chi connectivity index (χ1) is 16.8. The summed E-state index contributed by atoms with van der Waals surface area (Å²) in [7, 11) is -3.48. The maximum Gasteiger partial charge on any atom is 0.257 e. The molecule has 10 heteroatoms. The number of pyridine rings is 1. The molecule has 2 heterocycles. The van der Waals surface area contributed by atoms with E-state index in [9.17, 15) is 13.2 Å². The van der Waals surface area contributed by atoms with E-state index in [1.165, 1.54) is 10.4 Å². The Labute approximate surface area is 210 Å². The van der Waals surface area contributed by atoms with Gasteiger partial charge in [-0.15, -0.1) is 0 Å². The number of aryl methyl sites for hydroxylation is 1. The van der Waals surface area contributed by atoms with E-state index in [-0.39, 0.29) is 17.4 Å². The van der Waals surface area contributed by atoms with Crippen LogP contribution < -0.4 is 15.4 Å². The Hall–Kier alpha value is -2.88. The molecule has 0 radical (unpaired) electrons. The van der Waals surface area contributed by atoms with Crippen molar-refractivity contribution in [1.82, 2.24) is 14.6 Å². The highest BCUT2D eigenvalue weighted by molar-refractivity contribution is 7.89. The topological polar surface area (TPSA) is 101 Å². The van der Waals surface area contributed by atoms with Crippen LogP contribution >= 0.6 is 11.6 Å². The van der Waals surface area contributed by atoms with Crippen LogP contribution in [0.4, 0.5) is 5.69 Å². The Balaban J connectivity index is 1.21. The molecule has 0 spiro atoms. The van der Waals surface area contributed by atoms with Gasteiger partial charge in [-0.1, -0.05) is 11.6 Å². The first-order valence-electron chi connectivity index (χ1n) is 11.6. The molecule has 0 saturated carbocycles. The van der Waals surface area contributed by atoms with E-state index in [1.807, 2.05) is 24.3 Å². The summed E-state index contributed by atoms with van der Waals surface area (Å²) < 4.78 is 32.6. The lowest BCUT2D eigenvalue weighted by molar-refractivity contribution is -0.123. The van der Waals surface area contributed by atoms with Crippen LogP contribution in [0, 0.1) is 6.92 Å². The maximum atomic E-state index is 12.7. The van der Waals surface area contributed by atoms with Gasteiger partial charge in [0, 0.05) is 48.5 Å². The number of halogens is 1. The standard InChI is InChI=1S/C25H29ClN4O4S/c1-18-15-20(35(32,33)30-13-2-3-14-30)6-8-24(18)34-17-25(31)29-11-4-10-27-22-9-12-28-23-16-19(26)5-7-21(22)23/h5-9,12,15-16H,2-4,10-11,13-14,17H2,1H3,(H,27,28)(H,29,31). The largest absolute Gasteiger partial charge is 0.484 e. The van der Waals surface area contributed by atoms with Crippen molar-refractivity contribution in [2.24, 2.45) is 0 Å². The summed E-state index contributed by atoms with van der Waals surface area (Å²) in [6.07, 6.45) is 4.24. The highest BCUT2D eigenvalue weighted by atomic mass is 35.5. The van der Waals surface area contributed by atoms with E-state index in [2.05, 4.69) is 15.6 Å². The Kier molecular flexibility index (Phi) is 8.10. The van der Waals surface area contributed by atoms with Crippen molar-refractivity contribution in [3.8, 4) is 5.75 Å². The highest BCUT2D eigenvalue weighted by Gasteiger charge is 2.27. The van der Waals surface area contributed by atoms with Crippen LogP contribution in [-0.4, -0.2) is 56.4 Å². The van der Waals surface area contributed by atoms with Gasteiger partial charge in [0.05, 0.1) is 10.4 Å². The minimum atomic E-state index is -3.48. The van der Waals surface area contributed by atoms with Gasteiger partial charge in [-0.05, 0) is 74.2 Å². The molecule has 2 aromatic carbocycles. The van der Waals surface area contributed by atoms with Gasteiger partial charge in [0.1, 0.15) is 5.75 Å². The first kappa shape index (κ1) is 25.2. The number of aromatic nitrogens is 1. The fraction of sp³-hybridized carbons (Fsp3) is 0.360. The van der Waals surface area contributed by atoms with E-state index in [0.29, 0.717) is 42.5 Å². The summed E-state index contributed by atoms with van der Waals surface area (Å²) >= 11 is 6.03. The smallest absolute Gasteiger partial charge is 0.257 e. The molecule has 1 saturated heterocycles. The van der Waals surface area contributed by atoms with Crippen LogP contribution in [0.5, 0.6) is 5.75 Å². The molecular weight excluding hydrogens is 488 g/mol. The number of hydrogen-bond donors (Lipinski definition) is 2. The number of carbonyl (C=O) groups is 1. The number of nitrogens with one attached hydrogen (secondary N) is 2. The number of sulfonamides is 1. The van der Waals surface area contributed by atoms with Gasteiger partial charge >= 0.3 is 0 Å². The second-order valence-corrected chi connectivity index (χ2v) is 10.9. The van der Waals surface area contributed by atoms with E-state index < -0.39 is 10.0 Å². The zero-order valence-electron chi connectivity index (χ0n) is 19.6. The number of anilines is 1. The molecule has 1 aliphatic rings. The lowest BCUT2D eigenvalue weighted by Gasteiger charge is -2.17. The highest BCUT2D eigenvalue weighted by Crippen LogP contribution is 2.26. The lowest BCUT2D eigenvalue weighted by Crippen LogP contribution is -2.30. The van der Waals surface area contributed by atoms with Crippen LogP contribution in [0.25, 0.3) is 10.9 Å². The van der Waals surface area contributed by atoms with Gasteiger partial charge in [0.25, 0.3) is 5.91 Å². The molecule has 1 aromatic heterocycles. The van der Waals surface area contributed by atoms with Crippen molar-refractivity contribution in [3.05, 3.63) is 59.2 Å². The van der Waals surface area contributed by atoms with Crippen LogP contribution in [0.2, 0.25) is 5.02 Å². The number of benzene rings is 2. The molecule has 35 heavy (non-hydrogen) atoms. The summed E-state index contributed by atoms with van der Waals surface area (Å²) in [5, 5.41) is 7.84. The van der Waals surface area contributed by atoms with Crippen molar-refractivity contribution in [3.63, 3.8) is 0 Å². The Morgan fingerprint density at radius 3 is 2.69 bits per heavy atom. The van der Waals surface area contributed by atoms with Crippen molar-refractivity contribution >= 4 is 44.1 Å². The van der Waals surface area contributed by atoms with Crippen molar-refractivity contribution in [1.29, 1.82) is 0 Å². The normalized spacial score (nSPS) is 14.2. The zero-order valence-corrected chi connectivity index (χ0v) is 21.2. The number of amides is 1. The Morgan fingerprint density at radius 1 is 1.11 bits per heavy atom. The summed E-state index contributed by atoms with van der Waals surface area (Å²) in [4.78, 5) is 16.8. The maximum absolute atomic E-state index is 12.7. The number of carbonyl (C=O) groups excluding carboxylic acids is 1. The van der Waals surface area contributed by atoms with Crippen LogP contribution in [-0.2, 0) is 14.8 Å². The number of ether oxygens (including phenoxy) is 1. The molecule has 8 nitrogen and oxygen atoms in total. The third-order valence-corrected chi connectivity index (χ3v) is 8.03.